The third-order valence-electron chi connectivity index (χ3n) is 2.44. The number of ether oxygens (including phenoxy) is 2. The van der Waals surface area contributed by atoms with Gasteiger partial charge in [-0.1, -0.05) is 6.07 Å². The number of halogens is 1. The molecule has 0 saturated heterocycles. The lowest BCUT2D eigenvalue weighted by Crippen LogP contribution is -2.27. The molecule has 2 N–H and O–H groups in total. The Morgan fingerprint density at radius 2 is 2.22 bits per heavy atom. The van der Waals surface area contributed by atoms with Crippen molar-refractivity contribution in [3.63, 3.8) is 0 Å². The molecule has 0 radical (unpaired) electrons. The van der Waals surface area contributed by atoms with Crippen LogP contribution in [0.5, 0.6) is 0 Å². The van der Waals surface area contributed by atoms with Gasteiger partial charge in [0.15, 0.2) is 0 Å². The van der Waals surface area contributed by atoms with Gasteiger partial charge in [0.25, 0.3) is 0 Å². The van der Waals surface area contributed by atoms with Gasteiger partial charge in [0, 0.05) is 20.8 Å². The van der Waals surface area contributed by atoms with Crippen molar-refractivity contribution in [2.75, 3.05) is 32.7 Å². The van der Waals surface area contributed by atoms with E-state index >= 15 is 0 Å². The van der Waals surface area contributed by atoms with E-state index < -0.39 is 11.8 Å². The van der Waals surface area contributed by atoms with E-state index in [4.69, 9.17) is 14.6 Å². The summed E-state index contributed by atoms with van der Waals surface area (Å²) < 4.78 is 23.6. The van der Waals surface area contributed by atoms with E-state index in [1.807, 2.05) is 0 Å². The van der Waals surface area contributed by atoms with Gasteiger partial charge in [-0.2, -0.15) is 0 Å². The first-order valence-corrected chi connectivity index (χ1v) is 5.37. The molecular formula is C12H16FNO4. The van der Waals surface area contributed by atoms with E-state index in [-0.39, 0.29) is 23.9 Å². The minimum absolute atomic E-state index is 0.0387. The molecule has 0 aliphatic heterocycles. The zero-order chi connectivity index (χ0) is 13.5. The van der Waals surface area contributed by atoms with Crippen molar-refractivity contribution in [1.29, 1.82) is 0 Å². The lowest BCUT2D eigenvalue weighted by Gasteiger charge is -2.17. The van der Waals surface area contributed by atoms with Gasteiger partial charge < -0.3 is 19.9 Å². The average Bonchev–Trinajstić information content (AvgIpc) is 2.35. The van der Waals surface area contributed by atoms with E-state index in [0.717, 1.165) is 0 Å². The summed E-state index contributed by atoms with van der Waals surface area (Å²) in [6.45, 7) is 0.589. The maximum Gasteiger partial charge on any atom is 0.337 e. The second-order valence-corrected chi connectivity index (χ2v) is 3.66. The van der Waals surface area contributed by atoms with E-state index in [0.29, 0.717) is 6.61 Å². The van der Waals surface area contributed by atoms with Crippen LogP contribution < -0.4 is 5.32 Å². The molecule has 6 heteroatoms. The Morgan fingerprint density at radius 3 is 2.78 bits per heavy atom. The molecule has 5 nitrogen and oxygen atoms in total. The fourth-order valence-electron chi connectivity index (χ4n) is 1.49. The average molecular weight is 257 g/mol. The maximum atomic E-state index is 13.6. The van der Waals surface area contributed by atoms with E-state index in [9.17, 15) is 9.18 Å². The number of carboxylic acid groups (broad SMARTS) is 1. The molecule has 1 aromatic carbocycles. The molecule has 1 rings (SSSR count). The van der Waals surface area contributed by atoms with Crippen LogP contribution in [0.3, 0.4) is 0 Å². The number of anilines is 1. The number of carboxylic acids is 1. The van der Waals surface area contributed by atoms with Crippen molar-refractivity contribution in [1.82, 2.24) is 0 Å². The quantitative estimate of drug-likeness (QED) is 0.776. The highest BCUT2D eigenvalue weighted by Gasteiger charge is 2.15. The van der Waals surface area contributed by atoms with Gasteiger partial charge in [0.05, 0.1) is 24.0 Å². The molecule has 1 atom stereocenters. The molecule has 0 aromatic heterocycles. The highest BCUT2D eigenvalue weighted by atomic mass is 19.1. The standard InChI is InChI=1S/C12H16FNO4/c1-17-7-8(18-2)6-14-11-9(12(15)16)4-3-5-10(11)13/h3-5,8,14H,6-7H2,1-2H3,(H,15,16). The summed E-state index contributed by atoms with van der Waals surface area (Å²) in [5.41, 5.74) is -0.148. The van der Waals surface area contributed by atoms with Gasteiger partial charge >= 0.3 is 5.97 Å². The van der Waals surface area contributed by atoms with Crippen LogP contribution in [0, 0.1) is 5.82 Å². The normalized spacial score (nSPS) is 12.2. The van der Waals surface area contributed by atoms with Crippen molar-refractivity contribution >= 4 is 11.7 Å². The SMILES string of the molecule is COCC(CNc1c(F)cccc1C(=O)O)OC. The fraction of sp³-hybridized carbons (Fsp3) is 0.417. The second-order valence-electron chi connectivity index (χ2n) is 3.66. The first kappa shape index (κ1) is 14.4. The van der Waals surface area contributed by atoms with Crippen LogP contribution in [-0.2, 0) is 9.47 Å². The first-order chi connectivity index (χ1) is 8.60. The Balaban J connectivity index is 2.80. The maximum absolute atomic E-state index is 13.6. The van der Waals surface area contributed by atoms with Crippen LogP contribution in [0.4, 0.5) is 10.1 Å². The van der Waals surface area contributed by atoms with Gasteiger partial charge in [-0.25, -0.2) is 9.18 Å². The van der Waals surface area contributed by atoms with Crippen LogP contribution in [0.2, 0.25) is 0 Å². The van der Waals surface area contributed by atoms with E-state index in [2.05, 4.69) is 5.32 Å². The van der Waals surface area contributed by atoms with E-state index in [1.54, 1.807) is 0 Å². The third-order valence-corrected chi connectivity index (χ3v) is 2.44. The predicted molar refractivity (Wildman–Crippen MR) is 64.5 cm³/mol. The summed E-state index contributed by atoms with van der Waals surface area (Å²) in [6, 6.07) is 3.89. The second kappa shape index (κ2) is 6.93. The number of rotatable bonds is 7. The van der Waals surface area contributed by atoms with Gasteiger partial charge in [0.2, 0.25) is 0 Å². The molecule has 100 valence electrons. The van der Waals surface area contributed by atoms with Crippen LogP contribution in [0.15, 0.2) is 18.2 Å². The largest absolute Gasteiger partial charge is 0.478 e. The van der Waals surface area contributed by atoms with Crippen molar-refractivity contribution < 1.29 is 23.8 Å². The molecule has 0 bridgehead atoms. The van der Waals surface area contributed by atoms with E-state index in [1.165, 1.54) is 32.4 Å². The monoisotopic (exact) mass is 257 g/mol. The lowest BCUT2D eigenvalue weighted by atomic mass is 10.1. The summed E-state index contributed by atoms with van der Waals surface area (Å²) in [6.07, 6.45) is -0.281. The summed E-state index contributed by atoms with van der Waals surface area (Å²) in [5, 5.41) is 11.7. The predicted octanol–water partition coefficient (Wildman–Crippen LogP) is 1.60. The molecule has 0 heterocycles. The Labute approximate surface area is 105 Å². The van der Waals surface area contributed by atoms with Gasteiger partial charge in [-0.3, -0.25) is 0 Å². The number of aromatic carboxylic acids is 1. The van der Waals surface area contributed by atoms with Crippen molar-refractivity contribution in [2.45, 2.75) is 6.10 Å². The Hall–Kier alpha value is -1.66. The fourth-order valence-corrected chi connectivity index (χ4v) is 1.49. The highest BCUT2D eigenvalue weighted by Crippen LogP contribution is 2.19. The first-order valence-electron chi connectivity index (χ1n) is 5.37. The molecule has 1 aromatic rings. The van der Waals surface area contributed by atoms with Gasteiger partial charge in [-0.05, 0) is 12.1 Å². The number of para-hydroxylation sites is 1. The number of hydrogen-bond acceptors (Lipinski definition) is 4. The summed E-state index contributed by atoms with van der Waals surface area (Å²) in [7, 11) is 3.03. The smallest absolute Gasteiger partial charge is 0.337 e. The molecule has 0 fully saturated rings. The zero-order valence-electron chi connectivity index (χ0n) is 10.3. The number of nitrogens with one attached hydrogen (secondary N) is 1. The molecule has 18 heavy (non-hydrogen) atoms. The minimum Gasteiger partial charge on any atom is -0.478 e. The van der Waals surface area contributed by atoms with Crippen LogP contribution in [0.1, 0.15) is 10.4 Å². The Bertz CT molecular complexity index is 411. The zero-order valence-corrected chi connectivity index (χ0v) is 10.3. The Morgan fingerprint density at radius 1 is 1.50 bits per heavy atom. The molecule has 0 aliphatic carbocycles. The van der Waals surface area contributed by atoms with Crippen LogP contribution in [0.25, 0.3) is 0 Å². The van der Waals surface area contributed by atoms with Crippen molar-refractivity contribution in [3.05, 3.63) is 29.6 Å². The van der Waals surface area contributed by atoms with Crippen molar-refractivity contribution in [3.8, 4) is 0 Å². The Kier molecular flexibility index (Phi) is 5.54. The summed E-state index contributed by atoms with van der Waals surface area (Å²) in [5.74, 6) is -1.79. The van der Waals surface area contributed by atoms with Crippen LogP contribution in [-0.4, -0.2) is 44.6 Å². The highest BCUT2D eigenvalue weighted by molar-refractivity contribution is 5.94. The minimum atomic E-state index is -1.18. The topological polar surface area (TPSA) is 67.8 Å². The van der Waals surface area contributed by atoms with Gasteiger partial charge in [0.1, 0.15) is 5.82 Å². The molecule has 0 saturated carbocycles. The lowest BCUT2D eigenvalue weighted by molar-refractivity contribution is 0.0365. The van der Waals surface area contributed by atoms with Crippen molar-refractivity contribution in [2.24, 2.45) is 0 Å². The number of benzene rings is 1. The molecule has 0 spiro atoms. The third kappa shape index (κ3) is 3.68. The summed E-state index contributed by atoms with van der Waals surface area (Å²) in [4.78, 5) is 11.0. The summed E-state index contributed by atoms with van der Waals surface area (Å²) >= 11 is 0. The van der Waals surface area contributed by atoms with Crippen LogP contribution >= 0.6 is 0 Å². The molecule has 0 amide bonds. The molecular weight excluding hydrogens is 241 g/mol. The number of methoxy groups -OCH3 is 2. The van der Waals surface area contributed by atoms with Gasteiger partial charge in [-0.15, -0.1) is 0 Å². The molecule has 1 unspecified atom stereocenters. The number of hydrogen-bond donors (Lipinski definition) is 2. The number of carbonyl (C=O) groups is 1. The molecule has 0 aliphatic rings.